The maximum Gasteiger partial charge on any atom is 0.360 e. The molecule has 0 aliphatic heterocycles. The van der Waals surface area contributed by atoms with E-state index in [1.165, 1.54) is 0 Å². The first-order valence-electron chi connectivity index (χ1n) is 5.82. The maximum atomic E-state index is 11.6. The van der Waals surface area contributed by atoms with Crippen LogP contribution in [0.3, 0.4) is 0 Å². The summed E-state index contributed by atoms with van der Waals surface area (Å²) in [4.78, 5) is 11.6. The number of hydrogen-bond acceptors (Lipinski definition) is 4. The quantitative estimate of drug-likeness (QED) is 0.582. The van der Waals surface area contributed by atoms with Crippen LogP contribution in [-0.4, -0.2) is 27.6 Å². The van der Waals surface area contributed by atoms with Gasteiger partial charge in [-0.25, -0.2) is 9.48 Å². The molecule has 6 heteroatoms. The smallest absolute Gasteiger partial charge is 0.360 e. The highest BCUT2D eigenvalue weighted by Crippen LogP contribution is 2.18. The van der Waals surface area contributed by atoms with Crippen molar-refractivity contribution in [3.63, 3.8) is 0 Å². The SMILES string of the molecule is CCCC(C)n1nnc(C(=O)OCC)c1CCl. The van der Waals surface area contributed by atoms with Gasteiger partial charge in [0.15, 0.2) is 5.69 Å². The molecule has 0 aliphatic rings. The summed E-state index contributed by atoms with van der Waals surface area (Å²) in [6, 6.07) is 0.185. The molecule has 96 valence electrons. The third kappa shape index (κ3) is 3.19. The van der Waals surface area contributed by atoms with Gasteiger partial charge in [0.05, 0.1) is 24.2 Å². The van der Waals surface area contributed by atoms with Crippen molar-refractivity contribution in [3.05, 3.63) is 11.4 Å². The van der Waals surface area contributed by atoms with Crippen LogP contribution < -0.4 is 0 Å². The minimum absolute atomic E-state index is 0.185. The highest BCUT2D eigenvalue weighted by molar-refractivity contribution is 6.17. The van der Waals surface area contributed by atoms with Crippen LogP contribution >= 0.6 is 11.6 Å². The molecule has 1 heterocycles. The van der Waals surface area contributed by atoms with Gasteiger partial charge in [-0.3, -0.25) is 0 Å². The van der Waals surface area contributed by atoms with E-state index in [0.29, 0.717) is 12.3 Å². The van der Waals surface area contributed by atoms with Gasteiger partial charge >= 0.3 is 5.97 Å². The van der Waals surface area contributed by atoms with Gasteiger partial charge in [0.1, 0.15) is 0 Å². The summed E-state index contributed by atoms with van der Waals surface area (Å²) in [6.45, 7) is 6.20. The Hall–Kier alpha value is -1.10. The summed E-state index contributed by atoms with van der Waals surface area (Å²) >= 11 is 5.86. The molecule has 1 aromatic rings. The number of ether oxygens (including phenoxy) is 1. The number of carbonyl (C=O) groups is 1. The largest absolute Gasteiger partial charge is 0.461 e. The highest BCUT2D eigenvalue weighted by Gasteiger charge is 2.22. The van der Waals surface area contributed by atoms with Gasteiger partial charge in [-0.15, -0.1) is 16.7 Å². The van der Waals surface area contributed by atoms with E-state index >= 15 is 0 Å². The molecule has 0 aromatic carbocycles. The molecular weight excluding hydrogens is 242 g/mol. The number of halogens is 1. The standard InChI is InChI=1S/C11H18ClN3O2/c1-4-6-8(3)15-9(7-12)10(13-14-15)11(16)17-5-2/h8H,4-7H2,1-3H3. The molecule has 17 heavy (non-hydrogen) atoms. The van der Waals surface area contributed by atoms with E-state index in [-0.39, 0.29) is 17.6 Å². The van der Waals surface area contributed by atoms with Gasteiger partial charge in [-0.1, -0.05) is 18.6 Å². The minimum atomic E-state index is -0.460. The van der Waals surface area contributed by atoms with Crippen molar-refractivity contribution in [2.24, 2.45) is 0 Å². The summed E-state index contributed by atoms with van der Waals surface area (Å²) in [7, 11) is 0. The van der Waals surface area contributed by atoms with E-state index in [4.69, 9.17) is 16.3 Å². The zero-order valence-corrected chi connectivity index (χ0v) is 11.2. The summed E-state index contributed by atoms with van der Waals surface area (Å²) in [5.41, 5.74) is 0.857. The van der Waals surface area contributed by atoms with Gasteiger partial charge in [-0.2, -0.15) is 0 Å². The Labute approximate surface area is 106 Å². The Kier molecular flexibility index (Phi) is 5.41. The molecular formula is C11H18ClN3O2. The predicted molar refractivity (Wildman–Crippen MR) is 65.2 cm³/mol. The monoisotopic (exact) mass is 259 g/mol. The number of rotatable bonds is 6. The van der Waals surface area contributed by atoms with Crippen LogP contribution in [0, 0.1) is 0 Å². The van der Waals surface area contributed by atoms with Gasteiger partial charge in [-0.05, 0) is 20.3 Å². The van der Waals surface area contributed by atoms with E-state index in [0.717, 1.165) is 12.8 Å². The Morgan fingerprint density at radius 1 is 1.53 bits per heavy atom. The van der Waals surface area contributed by atoms with Crippen molar-refractivity contribution in [1.82, 2.24) is 15.0 Å². The lowest BCUT2D eigenvalue weighted by molar-refractivity contribution is 0.0518. The number of esters is 1. The molecule has 0 fully saturated rings. The van der Waals surface area contributed by atoms with Crippen molar-refractivity contribution in [3.8, 4) is 0 Å². The van der Waals surface area contributed by atoms with Gasteiger partial charge in [0.2, 0.25) is 0 Å². The summed E-state index contributed by atoms with van der Waals surface area (Å²) in [5, 5.41) is 7.85. The minimum Gasteiger partial charge on any atom is -0.461 e. The van der Waals surface area contributed by atoms with Crippen LogP contribution in [0.25, 0.3) is 0 Å². The Bertz CT molecular complexity index is 379. The van der Waals surface area contributed by atoms with E-state index < -0.39 is 5.97 Å². The third-order valence-electron chi connectivity index (χ3n) is 2.51. The van der Waals surface area contributed by atoms with Crippen LogP contribution in [-0.2, 0) is 10.6 Å². The second kappa shape index (κ2) is 6.59. The number of aromatic nitrogens is 3. The Balaban J connectivity index is 2.98. The number of carbonyl (C=O) groups excluding carboxylic acids is 1. The number of nitrogens with zero attached hydrogens (tertiary/aromatic N) is 3. The molecule has 1 atom stereocenters. The fraction of sp³-hybridized carbons (Fsp3) is 0.727. The molecule has 5 nitrogen and oxygen atoms in total. The van der Waals surface area contributed by atoms with Crippen molar-refractivity contribution < 1.29 is 9.53 Å². The zero-order chi connectivity index (χ0) is 12.8. The third-order valence-corrected chi connectivity index (χ3v) is 2.76. The maximum absolute atomic E-state index is 11.6. The molecule has 1 rings (SSSR count). The molecule has 1 unspecified atom stereocenters. The van der Waals surface area contributed by atoms with E-state index in [1.807, 2.05) is 6.92 Å². The van der Waals surface area contributed by atoms with E-state index in [9.17, 15) is 4.79 Å². The van der Waals surface area contributed by atoms with Crippen LogP contribution in [0.2, 0.25) is 0 Å². The first-order valence-corrected chi connectivity index (χ1v) is 6.36. The summed E-state index contributed by atoms with van der Waals surface area (Å²) in [5.74, 6) is -0.257. The second-order valence-corrected chi connectivity index (χ2v) is 4.09. The van der Waals surface area contributed by atoms with Crippen molar-refractivity contribution in [2.45, 2.75) is 45.5 Å². The lowest BCUT2D eigenvalue weighted by Gasteiger charge is -2.12. The highest BCUT2D eigenvalue weighted by atomic mass is 35.5. The zero-order valence-electron chi connectivity index (χ0n) is 10.4. The average Bonchev–Trinajstić information content (AvgIpc) is 2.73. The fourth-order valence-electron chi connectivity index (χ4n) is 1.69. The molecule has 1 aromatic heterocycles. The van der Waals surface area contributed by atoms with E-state index in [2.05, 4.69) is 17.2 Å². The number of alkyl halides is 1. The topological polar surface area (TPSA) is 57.0 Å². The normalized spacial score (nSPS) is 12.5. The molecule has 0 saturated heterocycles. The fourth-order valence-corrected chi connectivity index (χ4v) is 1.94. The number of hydrogen-bond donors (Lipinski definition) is 0. The second-order valence-electron chi connectivity index (χ2n) is 3.82. The first kappa shape index (κ1) is 14.0. The molecule has 0 amide bonds. The van der Waals surface area contributed by atoms with Crippen LogP contribution in [0.15, 0.2) is 0 Å². The molecule has 0 spiro atoms. The lowest BCUT2D eigenvalue weighted by atomic mass is 10.2. The molecule has 0 aliphatic carbocycles. The summed E-state index contributed by atoms with van der Waals surface area (Å²) in [6.07, 6.45) is 2.01. The molecule has 0 N–H and O–H groups in total. The summed E-state index contributed by atoms with van der Waals surface area (Å²) < 4.78 is 6.62. The van der Waals surface area contributed by atoms with Crippen molar-refractivity contribution >= 4 is 17.6 Å². The van der Waals surface area contributed by atoms with Gasteiger partial charge < -0.3 is 4.74 Å². The molecule has 0 bridgehead atoms. The van der Waals surface area contributed by atoms with Crippen LogP contribution in [0.1, 0.15) is 55.8 Å². The Morgan fingerprint density at radius 3 is 2.76 bits per heavy atom. The van der Waals surface area contributed by atoms with E-state index in [1.54, 1.807) is 11.6 Å². The first-order chi connectivity index (χ1) is 8.15. The molecule has 0 radical (unpaired) electrons. The van der Waals surface area contributed by atoms with Crippen molar-refractivity contribution in [2.75, 3.05) is 6.61 Å². The average molecular weight is 260 g/mol. The molecule has 0 saturated carbocycles. The van der Waals surface area contributed by atoms with Gasteiger partial charge in [0.25, 0.3) is 0 Å². The predicted octanol–water partition coefficient (Wildman–Crippen LogP) is 2.55. The van der Waals surface area contributed by atoms with Crippen LogP contribution in [0.5, 0.6) is 0 Å². The Morgan fingerprint density at radius 2 is 2.24 bits per heavy atom. The van der Waals surface area contributed by atoms with Crippen molar-refractivity contribution in [1.29, 1.82) is 0 Å². The lowest BCUT2D eigenvalue weighted by Crippen LogP contribution is -2.12. The van der Waals surface area contributed by atoms with Crippen LogP contribution in [0.4, 0.5) is 0 Å². The van der Waals surface area contributed by atoms with Gasteiger partial charge in [0, 0.05) is 0 Å².